The van der Waals surface area contributed by atoms with Crippen LogP contribution in [-0.4, -0.2) is 23.3 Å². The van der Waals surface area contributed by atoms with Gasteiger partial charge in [0.05, 0.1) is 6.54 Å². The van der Waals surface area contributed by atoms with Gasteiger partial charge in [0.1, 0.15) is 11.9 Å². The van der Waals surface area contributed by atoms with Crippen LogP contribution in [0.4, 0.5) is 4.79 Å². The number of nitrogens with two attached hydrogens (primary N) is 1. The molecule has 1 aliphatic heterocycles. The summed E-state index contributed by atoms with van der Waals surface area (Å²) in [6, 6.07) is 3.93. The van der Waals surface area contributed by atoms with Crippen molar-refractivity contribution in [3.63, 3.8) is 0 Å². The van der Waals surface area contributed by atoms with Crippen molar-refractivity contribution in [3.05, 3.63) is 33.8 Å². The van der Waals surface area contributed by atoms with Crippen molar-refractivity contribution in [2.24, 2.45) is 10.7 Å². The predicted octanol–water partition coefficient (Wildman–Crippen LogP) is 2.46. The van der Waals surface area contributed by atoms with E-state index in [4.69, 9.17) is 35.4 Å². The Hall–Kier alpha value is -1.70. The molecule has 1 aromatic rings. The lowest BCUT2D eigenvalue weighted by Crippen LogP contribution is -2.33. The number of benzene rings is 1. The smallest absolute Gasteiger partial charge is 0.346 e. The second kappa shape index (κ2) is 4.89. The molecule has 1 unspecified atom stereocenters. The number of nitrogens with zero attached hydrogens (tertiary/aromatic N) is 2. The molecule has 1 aliphatic rings. The van der Waals surface area contributed by atoms with Gasteiger partial charge in [-0.3, -0.25) is 4.90 Å². The summed E-state index contributed by atoms with van der Waals surface area (Å²) in [7, 11) is 0. The summed E-state index contributed by atoms with van der Waals surface area (Å²) < 4.78 is 0. The summed E-state index contributed by atoms with van der Waals surface area (Å²) in [6.45, 7) is 0.108. The molecule has 0 bridgehead atoms. The monoisotopic (exact) mass is 281 g/mol. The van der Waals surface area contributed by atoms with E-state index in [-0.39, 0.29) is 12.4 Å². The van der Waals surface area contributed by atoms with E-state index in [0.717, 1.165) is 0 Å². The Kier molecular flexibility index (Phi) is 3.46. The van der Waals surface area contributed by atoms with Gasteiger partial charge in [0, 0.05) is 15.6 Å². The van der Waals surface area contributed by atoms with Gasteiger partial charge < -0.3 is 5.73 Å². The van der Waals surface area contributed by atoms with Crippen LogP contribution in [0.15, 0.2) is 23.2 Å². The molecule has 4 nitrogen and oxygen atoms in total. The van der Waals surface area contributed by atoms with Crippen molar-refractivity contribution in [3.8, 4) is 12.3 Å². The number of aliphatic imine (C=N–C) groups is 1. The third kappa shape index (κ3) is 2.15. The first kappa shape index (κ1) is 12.7. The van der Waals surface area contributed by atoms with Crippen LogP contribution < -0.4 is 5.73 Å². The van der Waals surface area contributed by atoms with Crippen molar-refractivity contribution in [2.75, 3.05) is 6.54 Å². The maximum absolute atomic E-state index is 11.6. The Morgan fingerprint density at radius 3 is 2.89 bits per heavy atom. The number of carbonyl (C=O) groups is 1. The number of amides is 2. The summed E-state index contributed by atoms with van der Waals surface area (Å²) in [5.41, 5.74) is 6.38. The van der Waals surface area contributed by atoms with Crippen molar-refractivity contribution in [1.82, 2.24) is 4.90 Å². The summed E-state index contributed by atoms with van der Waals surface area (Å²) in [5, 5.41) is 0.960. The Bertz CT molecular complexity index is 577. The number of hydrogen-bond donors (Lipinski definition) is 1. The Balaban J connectivity index is 2.48. The first-order valence-electron chi connectivity index (χ1n) is 5.07. The van der Waals surface area contributed by atoms with Gasteiger partial charge in [0.15, 0.2) is 0 Å². The van der Waals surface area contributed by atoms with E-state index in [1.54, 1.807) is 18.2 Å². The highest BCUT2D eigenvalue weighted by Crippen LogP contribution is 2.33. The van der Waals surface area contributed by atoms with Crippen LogP contribution in [0.5, 0.6) is 0 Å². The van der Waals surface area contributed by atoms with Crippen LogP contribution in [0.1, 0.15) is 11.6 Å². The van der Waals surface area contributed by atoms with E-state index in [1.807, 2.05) is 0 Å². The molecule has 0 radical (unpaired) electrons. The molecule has 0 saturated carbocycles. The third-order valence-corrected chi connectivity index (χ3v) is 3.16. The quantitative estimate of drug-likeness (QED) is 0.847. The summed E-state index contributed by atoms with van der Waals surface area (Å²) in [6.07, 6.45) is 5.23. The highest BCUT2D eigenvalue weighted by molar-refractivity contribution is 6.34. The van der Waals surface area contributed by atoms with Gasteiger partial charge in [0.2, 0.25) is 0 Å². The fourth-order valence-electron chi connectivity index (χ4n) is 1.81. The third-order valence-electron chi connectivity index (χ3n) is 2.58. The first-order valence-corrected chi connectivity index (χ1v) is 5.83. The lowest BCUT2D eigenvalue weighted by atomic mass is 10.1. The van der Waals surface area contributed by atoms with Crippen LogP contribution in [0.2, 0.25) is 10.0 Å². The minimum atomic E-state index is -0.556. The average molecular weight is 282 g/mol. The number of carbonyl (C=O) groups excluding carboxylic acids is 1. The van der Waals surface area contributed by atoms with Crippen LogP contribution in [0, 0.1) is 12.3 Å². The predicted molar refractivity (Wildman–Crippen MR) is 71.8 cm³/mol. The van der Waals surface area contributed by atoms with E-state index >= 15 is 0 Å². The second-order valence-electron chi connectivity index (χ2n) is 3.72. The Labute approximate surface area is 114 Å². The molecule has 1 aromatic carbocycles. The Morgan fingerprint density at radius 2 is 2.22 bits per heavy atom. The zero-order valence-corrected chi connectivity index (χ0v) is 10.7. The minimum absolute atomic E-state index is 0.108. The van der Waals surface area contributed by atoms with Crippen molar-refractivity contribution >= 4 is 35.1 Å². The molecule has 2 N–H and O–H groups in total. The molecular formula is C12H9Cl2N3O. The normalized spacial score (nSPS) is 18.7. The standard InChI is InChI=1S/C12H9Cl2N3O/c1-2-5-17-10(11(15)16-12(17)18)8-6-7(13)3-4-9(8)14/h1,3-4,6,10H,5H2,(H2,15,16,18). The van der Waals surface area contributed by atoms with Crippen molar-refractivity contribution in [1.29, 1.82) is 0 Å². The second-order valence-corrected chi connectivity index (χ2v) is 4.56. The molecule has 0 aliphatic carbocycles. The summed E-state index contributed by atoms with van der Waals surface area (Å²) in [5.74, 6) is 2.56. The highest BCUT2D eigenvalue weighted by atomic mass is 35.5. The fraction of sp³-hybridized carbons (Fsp3) is 0.167. The largest absolute Gasteiger partial charge is 0.385 e. The van der Waals surface area contributed by atoms with E-state index in [0.29, 0.717) is 15.6 Å². The van der Waals surface area contributed by atoms with E-state index in [2.05, 4.69) is 10.9 Å². The molecule has 1 heterocycles. The molecule has 2 amide bonds. The van der Waals surface area contributed by atoms with Gasteiger partial charge in [-0.1, -0.05) is 29.1 Å². The van der Waals surface area contributed by atoms with Crippen LogP contribution in [0.3, 0.4) is 0 Å². The van der Waals surface area contributed by atoms with Gasteiger partial charge in [-0.25, -0.2) is 4.79 Å². The zero-order valence-electron chi connectivity index (χ0n) is 9.23. The molecule has 0 spiro atoms. The van der Waals surface area contributed by atoms with Gasteiger partial charge >= 0.3 is 6.03 Å². The SMILES string of the molecule is C#CCN1C(=O)N=C(N)C1c1cc(Cl)ccc1Cl. The van der Waals surface area contributed by atoms with Crippen molar-refractivity contribution < 1.29 is 4.79 Å². The van der Waals surface area contributed by atoms with Gasteiger partial charge in [-0.2, -0.15) is 4.99 Å². The van der Waals surface area contributed by atoms with Crippen molar-refractivity contribution in [2.45, 2.75) is 6.04 Å². The molecular weight excluding hydrogens is 273 g/mol. The Morgan fingerprint density at radius 1 is 1.50 bits per heavy atom. The molecule has 92 valence electrons. The fourth-order valence-corrected chi connectivity index (χ4v) is 2.22. The molecule has 1 atom stereocenters. The lowest BCUT2D eigenvalue weighted by Gasteiger charge is -2.23. The molecule has 0 fully saturated rings. The molecule has 2 rings (SSSR count). The molecule has 0 aromatic heterocycles. The summed E-state index contributed by atoms with van der Waals surface area (Å²) in [4.78, 5) is 16.7. The van der Waals surface area contributed by atoms with E-state index in [9.17, 15) is 4.79 Å². The maximum atomic E-state index is 11.6. The van der Waals surface area contributed by atoms with Crippen LogP contribution >= 0.6 is 23.2 Å². The number of hydrogen-bond acceptors (Lipinski definition) is 2. The van der Waals surface area contributed by atoms with E-state index in [1.165, 1.54) is 4.90 Å². The van der Waals surface area contributed by atoms with Gasteiger partial charge in [-0.05, 0) is 18.2 Å². The number of halogens is 2. The number of amidine groups is 1. The molecule has 0 saturated heterocycles. The number of rotatable bonds is 2. The molecule has 18 heavy (non-hydrogen) atoms. The lowest BCUT2D eigenvalue weighted by molar-refractivity contribution is 0.213. The first-order chi connectivity index (χ1) is 8.54. The topological polar surface area (TPSA) is 58.7 Å². The minimum Gasteiger partial charge on any atom is -0.385 e. The highest BCUT2D eigenvalue weighted by Gasteiger charge is 2.35. The van der Waals surface area contributed by atoms with Gasteiger partial charge in [0.25, 0.3) is 0 Å². The van der Waals surface area contributed by atoms with Gasteiger partial charge in [-0.15, -0.1) is 6.42 Å². The maximum Gasteiger partial charge on any atom is 0.346 e. The molecule has 6 heteroatoms. The number of urea groups is 1. The van der Waals surface area contributed by atoms with E-state index < -0.39 is 12.1 Å². The van der Waals surface area contributed by atoms with Crippen LogP contribution in [0.25, 0.3) is 0 Å². The van der Waals surface area contributed by atoms with Crippen LogP contribution in [-0.2, 0) is 0 Å². The average Bonchev–Trinajstić information content (AvgIpc) is 2.58. The number of terminal acetylenes is 1. The zero-order chi connectivity index (χ0) is 13.3. The summed E-state index contributed by atoms with van der Waals surface area (Å²) >= 11 is 12.0.